The summed E-state index contributed by atoms with van der Waals surface area (Å²) in [5.74, 6) is 1.82. The van der Waals surface area contributed by atoms with Crippen LogP contribution in [0.4, 0.5) is 34.1 Å². The molecule has 5 nitrogen and oxygen atoms in total. The van der Waals surface area contributed by atoms with Gasteiger partial charge >= 0.3 is 0 Å². The third kappa shape index (κ3) is 5.67. The molecule has 0 radical (unpaired) electrons. The highest BCUT2D eigenvalue weighted by molar-refractivity contribution is 6.09. The van der Waals surface area contributed by atoms with Gasteiger partial charge in [0.15, 0.2) is 17.5 Å². The van der Waals surface area contributed by atoms with Crippen LogP contribution < -0.4 is 9.80 Å². The third-order valence-electron chi connectivity index (χ3n) is 13.7. The molecule has 0 N–H and O–H groups in total. The summed E-state index contributed by atoms with van der Waals surface area (Å²) in [4.78, 5) is 21.3. The summed E-state index contributed by atoms with van der Waals surface area (Å²) in [6, 6.07) is 71.9. The molecule has 5 heteroatoms. The monoisotopic (exact) mass is 823 g/mol. The van der Waals surface area contributed by atoms with E-state index in [2.05, 4.69) is 201 Å². The standard InChI is InChI=1S/C59H45N5/c1-58(2)44-28-15-17-30-48(44)63(53-42-26-13-11-20-38(42)34-36-46(53)58)50-32-19-33-51(52(50)57-61-55(40-22-7-5-8-23-40)60-56(62-57)41-24-9-6-10-25-41)64-49-31-18-16-29-45(49)59(3,4)47-37-35-39-21-12-14-27-43(39)54(47)64/h5-37H,1-4H3. The highest BCUT2D eigenvalue weighted by Crippen LogP contribution is 2.60. The molecular weight excluding hydrogens is 779 g/mol. The van der Waals surface area contributed by atoms with Crippen molar-refractivity contribution in [2.45, 2.75) is 38.5 Å². The minimum absolute atomic E-state index is 0.284. The molecule has 0 bridgehead atoms. The van der Waals surface area contributed by atoms with Crippen molar-refractivity contribution < 1.29 is 0 Å². The first kappa shape index (κ1) is 37.8. The molecule has 306 valence electrons. The van der Waals surface area contributed by atoms with E-state index >= 15 is 0 Å². The van der Waals surface area contributed by atoms with Crippen LogP contribution in [0.3, 0.4) is 0 Å². The van der Waals surface area contributed by atoms with Gasteiger partial charge in [0.05, 0.1) is 39.7 Å². The summed E-state index contributed by atoms with van der Waals surface area (Å²) in [7, 11) is 0. The Balaban J connectivity index is 1.26. The SMILES string of the molecule is CC1(C)c2ccccc2N(c2cccc(N3c4ccccc4C(C)(C)c4ccc5ccccc5c43)c2-c2nc(-c3ccccc3)nc(-c3ccccc3)n2)c2c1ccc1ccccc21. The largest absolute Gasteiger partial charge is 0.308 e. The molecule has 10 aromatic rings. The van der Waals surface area contributed by atoms with Gasteiger partial charge in [0, 0.05) is 32.7 Å². The second kappa shape index (κ2) is 14.3. The lowest BCUT2D eigenvalue weighted by Crippen LogP contribution is -2.32. The normalized spacial score (nSPS) is 14.4. The maximum Gasteiger partial charge on any atom is 0.168 e. The van der Waals surface area contributed by atoms with E-state index in [9.17, 15) is 0 Å². The van der Waals surface area contributed by atoms with E-state index in [0.29, 0.717) is 17.5 Å². The van der Waals surface area contributed by atoms with Crippen LogP contribution in [0.15, 0.2) is 200 Å². The lowest BCUT2D eigenvalue weighted by molar-refractivity contribution is 0.633. The molecule has 64 heavy (non-hydrogen) atoms. The van der Waals surface area contributed by atoms with Crippen molar-refractivity contribution in [3.63, 3.8) is 0 Å². The molecule has 1 aromatic heterocycles. The number of para-hydroxylation sites is 2. The summed E-state index contributed by atoms with van der Waals surface area (Å²) in [5.41, 5.74) is 13.7. The van der Waals surface area contributed by atoms with E-state index in [-0.39, 0.29) is 10.8 Å². The van der Waals surface area contributed by atoms with Crippen LogP contribution in [0.25, 0.3) is 55.7 Å². The van der Waals surface area contributed by atoms with Gasteiger partial charge in [0.1, 0.15) is 0 Å². The van der Waals surface area contributed by atoms with Crippen molar-refractivity contribution in [1.29, 1.82) is 0 Å². The van der Waals surface area contributed by atoms with Gasteiger partial charge in [0.2, 0.25) is 0 Å². The first-order chi connectivity index (χ1) is 31.3. The number of hydrogen-bond donors (Lipinski definition) is 0. The number of hydrogen-bond acceptors (Lipinski definition) is 5. The molecule has 0 saturated heterocycles. The van der Waals surface area contributed by atoms with Crippen molar-refractivity contribution in [2.75, 3.05) is 9.80 Å². The zero-order valence-corrected chi connectivity index (χ0v) is 36.3. The second-order valence-electron chi connectivity index (χ2n) is 18.0. The maximum atomic E-state index is 5.54. The second-order valence-corrected chi connectivity index (χ2v) is 18.0. The van der Waals surface area contributed by atoms with Crippen LogP contribution in [-0.2, 0) is 10.8 Å². The molecule has 0 saturated carbocycles. The molecule has 0 spiro atoms. The number of anilines is 6. The quantitative estimate of drug-likeness (QED) is 0.173. The minimum Gasteiger partial charge on any atom is -0.308 e. The van der Waals surface area contributed by atoms with Crippen molar-refractivity contribution in [3.05, 3.63) is 222 Å². The Morgan fingerprint density at radius 1 is 0.312 bits per heavy atom. The Morgan fingerprint density at radius 3 is 1.16 bits per heavy atom. The van der Waals surface area contributed by atoms with Gasteiger partial charge in [-0.05, 0) is 57.3 Å². The number of nitrogens with zero attached hydrogens (tertiary/aromatic N) is 5. The van der Waals surface area contributed by atoms with E-state index in [0.717, 1.165) is 50.8 Å². The molecule has 9 aromatic carbocycles. The highest BCUT2D eigenvalue weighted by Gasteiger charge is 2.42. The van der Waals surface area contributed by atoms with Crippen LogP contribution in [0.2, 0.25) is 0 Å². The topological polar surface area (TPSA) is 45.2 Å². The van der Waals surface area contributed by atoms with Gasteiger partial charge in [-0.3, -0.25) is 0 Å². The summed E-state index contributed by atoms with van der Waals surface area (Å²) in [6.45, 7) is 9.42. The van der Waals surface area contributed by atoms with Crippen LogP contribution >= 0.6 is 0 Å². The molecule has 0 fully saturated rings. The Labute approximate surface area is 374 Å². The molecular formula is C59H45N5. The highest BCUT2D eigenvalue weighted by atomic mass is 15.2. The molecule has 0 atom stereocenters. The lowest BCUT2D eigenvalue weighted by Gasteiger charge is -2.45. The van der Waals surface area contributed by atoms with E-state index in [1.54, 1.807) is 0 Å². The number of aromatic nitrogens is 3. The third-order valence-corrected chi connectivity index (χ3v) is 13.7. The molecule has 0 aliphatic carbocycles. The summed E-state index contributed by atoms with van der Waals surface area (Å²) < 4.78 is 0. The maximum absolute atomic E-state index is 5.54. The van der Waals surface area contributed by atoms with Crippen LogP contribution in [0, 0.1) is 0 Å². The van der Waals surface area contributed by atoms with Gasteiger partial charge in [-0.2, -0.15) is 0 Å². The first-order valence-electron chi connectivity index (χ1n) is 22.1. The smallest absolute Gasteiger partial charge is 0.168 e. The molecule has 0 unspecified atom stereocenters. The molecule has 2 aliphatic rings. The fourth-order valence-corrected chi connectivity index (χ4v) is 10.5. The average Bonchev–Trinajstić information content (AvgIpc) is 3.34. The van der Waals surface area contributed by atoms with Crippen LogP contribution in [0.5, 0.6) is 0 Å². The molecule has 12 rings (SSSR count). The van der Waals surface area contributed by atoms with E-state index in [1.807, 2.05) is 36.4 Å². The number of benzene rings is 9. The van der Waals surface area contributed by atoms with Crippen LogP contribution in [0.1, 0.15) is 49.9 Å². The van der Waals surface area contributed by atoms with Crippen molar-refractivity contribution >= 4 is 55.7 Å². The average molecular weight is 824 g/mol. The van der Waals surface area contributed by atoms with E-state index in [1.165, 1.54) is 43.8 Å². The predicted octanol–water partition coefficient (Wildman–Crippen LogP) is 15.4. The Hall–Kier alpha value is -7.89. The Kier molecular flexibility index (Phi) is 8.47. The number of rotatable bonds is 5. The fourth-order valence-electron chi connectivity index (χ4n) is 10.5. The van der Waals surface area contributed by atoms with Crippen molar-refractivity contribution in [2.24, 2.45) is 0 Å². The predicted molar refractivity (Wildman–Crippen MR) is 265 cm³/mol. The van der Waals surface area contributed by atoms with Crippen molar-refractivity contribution in [3.8, 4) is 34.2 Å². The van der Waals surface area contributed by atoms with Crippen molar-refractivity contribution in [1.82, 2.24) is 15.0 Å². The zero-order chi connectivity index (χ0) is 43.2. The van der Waals surface area contributed by atoms with Gasteiger partial charge < -0.3 is 9.80 Å². The van der Waals surface area contributed by atoms with Gasteiger partial charge in [0.25, 0.3) is 0 Å². The summed E-state index contributed by atoms with van der Waals surface area (Å²) in [6.07, 6.45) is 0. The molecule has 0 amide bonds. The van der Waals surface area contributed by atoms with Gasteiger partial charge in [-0.1, -0.05) is 204 Å². The molecule has 3 heterocycles. The Bertz CT molecular complexity index is 3240. The fraction of sp³-hybridized carbons (Fsp3) is 0.102. The van der Waals surface area contributed by atoms with Crippen LogP contribution in [-0.4, -0.2) is 15.0 Å². The summed E-state index contributed by atoms with van der Waals surface area (Å²) in [5, 5.41) is 4.74. The minimum atomic E-state index is -0.284. The van der Waals surface area contributed by atoms with E-state index < -0.39 is 0 Å². The number of fused-ring (bicyclic) bond motifs is 8. The lowest BCUT2D eigenvalue weighted by atomic mass is 9.72. The zero-order valence-electron chi connectivity index (χ0n) is 36.3. The Morgan fingerprint density at radius 2 is 0.688 bits per heavy atom. The van der Waals surface area contributed by atoms with E-state index in [4.69, 9.17) is 15.0 Å². The van der Waals surface area contributed by atoms with Gasteiger partial charge in [-0.25, -0.2) is 15.0 Å². The molecule has 2 aliphatic heterocycles. The van der Waals surface area contributed by atoms with Gasteiger partial charge in [-0.15, -0.1) is 0 Å². The first-order valence-corrected chi connectivity index (χ1v) is 22.1. The summed E-state index contributed by atoms with van der Waals surface area (Å²) >= 11 is 0.